The molecule has 0 radical (unpaired) electrons. The van der Waals surface area contributed by atoms with Crippen LogP contribution in [0.4, 0.5) is 0 Å². The molecule has 0 bridgehead atoms. The van der Waals surface area contributed by atoms with Gasteiger partial charge in [-0.2, -0.15) is 0 Å². The predicted octanol–water partition coefficient (Wildman–Crippen LogP) is 4.27. The van der Waals surface area contributed by atoms with Crippen LogP contribution in [0.1, 0.15) is 30.3 Å². The van der Waals surface area contributed by atoms with E-state index >= 15 is 0 Å². The minimum absolute atomic E-state index is 0. The molecule has 1 aliphatic rings. The third kappa shape index (κ3) is 7.68. The zero-order valence-corrected chi connectivity index (χ0v) is 25.3. The first-order valence-corrected chi connectivity index (χ1v) is 12.8. The lowest BCUT2D eigenvalue weighted by Gasteiger charge is -2.32. The summed E-state index contributed by atoms with van der Waals surface area (Å²) in [4.78, 5) is 25.1. The molecule has 224 valence electrons. The summed E-state index contributed by atoms with van der Waals surface area (Å²) in [7, 11) is 0. The molecule has 41 heavy (non-hydrogen) atoms. The van der Waals surface area contributed by atoms with E-state index in [9.17, 15) is 4.79 Å². The van der Waals surface area contributed by atoms with Gasteiger partial charge in [0.1, 0.15) is 17.4 Å². The largest absolute Gasteiger partial charge is 0.467 e. The fourth-order valence-electron chi connectivity index (χ4n) is 5.47. The lowest BCUT2D eigenvalue weighted by atomic mass is 9.93. The van der Waals surface area contributed by atoms with Gasteiger partial charge in [-0.15, -0.1) is 37.2 Å². The van der Waals surface area contributed by atoms with Crippen LogP contribution in [0.25, 0.3) is 21.9 Å². The van der Waals surface area contributed by atoms with E-state index in [1.807, 2.05) is 54.0 Å². The maximum atomic E-state index is 13.0. The summed E-state index contributed by atoms with van der Waals surface area (Å²) in [5.74, 6) is 3.46. The Morgan fingerprint density at radius 2 is 1.51 bits per heavy atom. The molecule has 0 saturated carbocycles. The molecule has 12 heteroatoms. The van der Waals surface area contributed by atoms with Crippen LogP contribution in [0.3, 0.4) is 0 Å². The number of halogens is 3. The Morgan fingerprint density at radius 3 is 2.22 bits per heavy atom. The molecule has 3 aromatic heterocycles. The van der Waals surface area contributed by atoms with Crippen LogP contribution in [-0.4, -0.2) is 54.6 Å². The van der Waals surface area contributed by atoms with Crippen LogP contribution < -0.4 is 5.56 Å². The SMILES string of the molecule is Cc1nc2ccccc2c(=O)n1CCN1CCC(Cc2nc3ccccc3n2Cc2ccco2)CC1.Cl.Cl.Cl.O.O. The van der Waals surface area contributed by atoms with Gasteiger partial charge < -0.3 is 24.8 Å². The van der Waals surface area contributed by atoms with Gasteiger partial charge in [-0.25, -0.2) is 9.97 Å². The number of benzene rings is 2. The lowest BCUT2D eigenvalue weighted by molar-refractivity contribution is 0.176. The second-order valence-electron chi connectivity index (χ2n) is 9.80. The first kappa shape index (κ1) is 36.1. The van der Waals surface area contributed by atoms with E-state index in [0.29, 0.717) is 24.4 Å². The number of hydrogen-bond donors (Lipinski definition) is 0. The van der Waals surface area contributed by atoms with Crippen molar-refractivity contribution in [1.82, 2.24) is 24.0 Å². The van der Waals surface area contributed by atoms with E-state index in [4.69, 9.17) is 9.40 Å². The highest BCUT2D eigenvalue weighted by Gasteiger charge is 2.23. The number of rotatable bonds is 7. The van der Waals surface area contributed by atoms with Crippen LogP contribution in [0.2, 0.25) is 0 Å². The van der Waals surface area contributed by atoms with Gasteiger partial charge in [-0.1, -0.05) is 24.3 Å². The molecule has 6 rings (SSSR count). The molecule has 1 saturated heterocycles. The minimum atomic E-state index is 0. The average molecular weight is 627 g/mol. The molecular weight excluding hydrogens is 589 g/mol. The fourth-order valence-corrected chi connectivity index (χ4v) is 5.47. The molecular formula is C29H38Cl3N5O4. The highest BCUT2D eigenvalue weighted by atomic mass is 35.5. The van der Waals surface area contributed by atoms with Gasteiger partial charge in [-0.3, -0.25) is 9.36 Å². The van der Waals surface area contributed by atoms with E-state index < -0.39 is 0 Å². The van der Waals surface area contributed by atoms with Crippen molar-refractivity contribution in [3.05, 3.63) is 94.7 Å². The molecule has 1 fully saturated rings. The van der Waals surface area contributed by atoms with E-state index in [1.165, 1.54) is 0 Å². The molecule has 0 atom stereocenters. The standard InChI is InChI=1S/C29H31N5O2.3ClH.2H2O/c1-21-30-25-9-3-2-8-24(25)29(35)33(21)17-16-32-14-12-22(13-15-32)19-28-31-26-10-4-5-11-27(26)34(28)20-23-7-6-18-36-23;;;;;/h2-11,18,22H,12-17,19-20H2,1H3;3*1H;2*1H2. The number of likely N-dealkylation sites (tertiary alicyclic amines) is 1. The Hall–Kier alpha value is -2.92. The van der Waals surface area contributed by atoms with Gasteiger partial charge in [0.15, 0.2) is 0 Å². The van der Waals surface area contributed by atoms with Crippen LogP contribution >= 0.6 is 37.2 Å². The van der Waals surface area contributed by atoms with Gasteiger partial charge in [0.05, 0.1) is 34.7 Å². The second-order valence-corrected chi connectivity index (χ2v) is 9.80. The van der Waals surface area contributed by atoms with E-state index in [2.05, 4.69) is 32.7 Å². The second kappa shape index (κ2) is 15.9. The van der Waals surface area contributed by atoms with Crippen LogP contribution in [-0.2, 0) is 19.5 Å². The third-order valence-corrected chi connectivity index (χ3v) is 7.50. The number of para-hydroxylation sites is 3. The summed E-state index contributed by atoms with van der Waals surface area (Å²) < 4.78 is 9.77. The Bertz CT molecular complexity index is 1560. The molecule has 0 aliphatic carbocycles. The quantitative estimate of drug-likeness (QED) is 0.266. The van der Waals surface area contributed by atoms with Crippen molar-refractivity contribution in [2.75, 3.05) is 19.6 Å². The van der Waals surface area contributed by atoms with Crippen LogP contribution in [0.15, 0.2) is 76.1 Å². The number of aromatic nitrogens is 4. The summed E-state index contributed by atoms with van der Waals surface area (Å²) in [6.45, 7) is 6.25. The minimum Gasteiger partial charge on any atom is -0.467 e. The first-order chi connectivity index (χ1) is 17.7. The highest BCUT2D eigenvalue weighted by molar-refractivity contribution is 5.86. The number of furan rings is 1. The van der Waals surface area contributed by atoms with Crippen LogP contribution in [0, 0.1) is 12.8 Å². The smallest absolute Gasteiger partial charge is 0.261 e. The first-order valence-electron chi connectivity index (χ1n) is 12.8. The van der Waals surface area contributed by atoms with Gasteiger partial charge in [0.25, 0.3) is 5.56 Å². The number of hydrogen-bond acceptors (Lipinski definition) is 5. The predicted molar refractivity (Wildman–Crippen MR) is 170 cm³/mol. The Balaban J connectivity index is 0.00000168. The van der Waals surface area contributed by atoms with Gasteiger partial charge in [0, 0.05) is 19.5 Å². The number of fused-ring (bicyclic) bond motifs is 2. The number of imidazole rings is 1. The summed E-state index contributed by atoms with van der Waals surface area (Å²) >= 11 is 0. The molecule has 9 nitrogen and oxygen atoms in total. The summed E-state index contributed by atoms with van der Waals surface area (Å²) in [6.07, 6.45) is 4.96. The number of aryl methyl sites for hydroxylation is 1. The average Bonchev–Trinajstić information content (AvgIpc) is 3.53. The Labute approximate surface area is 257 Å². The molecule has 2 aromatic carbocycles. The van der Waals surface area contributed by atoms with Crippen molar-refractivity contribution in [3.63, 3.8) is 0 Å². The fraction of sp³-hybridized carbons (Fsp3) is 0.345. The van der Waals surface area contributed by atoms with E-state index in [0.717, 1.165) is 72.9 Å². The highest BCUT2D eigenvalue weighted by Crippen LogP contribution is 2.25. The molecule has 0 amide bonds. The molecule has 1 aliphatic heterocycles. The van der Waals surface area contributed by atoms with Crippen molar-refractivity contribution in [2.45, 2.75) is 39.3 Å². The number of nitrogens with zero attached hydrogens (tertiary/aromatic N) is 5. The topological polar surface area (TPSA) is 132 Å². The van der Waals surface area contributed by atoms with Crippen molar-refractivity contribution in [3.8, 4) is 0 Å². The number of piperidine rings is 1. The molecule has 4 N–H and O–H groups in total. The van der Waals surface area contributed by atoms with Crippen molar-refractivity contribution in [2.24, 2.45) is 5.92 Å². The molecule has 4 heterocycles. The van der Waals surface area contributed by atoms with E-state index in [-0.39, 0.29) is 53.7 Å². The van der Waals surface area contributed by atoms with Crippen molar-refractivity contribution < 1.29 is 15.4 Å². The van der Waals surface area contributed by atoms with Gasteiger partial charge in [-0.05, 0) is 75.2 Å². The molecule has 0 spiro atoms. The zero-order valence-electron chi connectivity index (χ0n) is 22.9. The zero-order chi connectivity index (χ0) is 24.5. The van der Waals surface area contributed by atoms with Crippen LogP contribution in [0.5, 0.6) is 0 Å². The van der Waals surface area contributed by atoms with Crippen molar-refractivity contribution in [1.29, 1.82) is 0 Å². The van der Waals surface area contributed by atoms with E-state index in [1.54, 1.807) is 6.26 Å². The summed E-state index contributed by atoms with van der Waals surface area (Å²) in [6, 6.07) is 19.9. The van der Waals surface area contributed by atoms with Gasteiger partial charge in [0.2, 0.25) is 0 Å². The maximum absolute atomic E-state index is 13.0. The van der Waals surface area contributed by atoms with Gasteiger partial charge >= 0.3 is 0 Å². The molecule has 0 unspecified atom stereocenters. The lowest BCUT2D eigenvalue weighted by Crippen LogP contribution is -2.38. The van der Waals surface area contributed by atoms with Crippen molar-refractivity contribution >= 4 is 59.2 Å². The Morgan fingerprint density at radius 1 is 0.829 bits per heavy atom. The Kier molecular flexibility index (Phi) is 14.0. The molecule has 5 aromatic rings. The monoisotopic (exact) mass is 625 g/mol. The summed E-state index contributed by atoms with van der Waals surface area (Å²) in [5.41, 5.74) is 3.03. The summed E-state index contributed by atoms with van der Waals surface area (Å²) in [5, 5.41) is 0.694. The normalized spacial score (nSPS) is 13.4. The third-order valence-electron chi connectivity index (χ3n) is 7.50. The maximum Gasteiger partial charge on any atom is 0.261 e.